The van der Waals surface area contributed by atoms with E-state index < -0.39 is 0 Å². The third-order valence-electron chi connectivity index (χ3n) is 4.52. The van der Waals surface area contributed by atoms with Crippen LogP contribution < -0.4 is 0 Å². The van der Waals surface area contributed by atoms with Crippen molar-refractivity contribution < 1.29 is 14.6 Å². The van der Waals surface area contributed by atoms with E-state index in [0.29, 0.717) is 0 Å². The van der Waals surface area contributed by atoms with Crippen molar-refractivity contribution in [2.45, 2.75) is 77.0 Å². The van der Waals surface area contributed by atoms with Crippen LogP contribution in [0.15, 0.2) is 0 Å². The maximum atomic E-state index is 12.4. The Hall–Kier alpha value is -0.610. The average Bonchev–Trinajstić information content (AvgIpc) is 2.84. The van der Waals surface area contributed by atoms with Gasteiger partial charge in [-0.25, -0.2) is 0 Å². The van der Waals surface area contributed by atoms with Crippen LogP contribution in [0.25, 0.3) is 0 Å². The van der Waals surface area contributed by atoms with E-state index in [1.54, 1.807) is 0 Å². The van der Waals surface area contributed by atoms with E-state index in [-0.39, 0.29) is 36.2 Å². The van der Waals surface area contributed by atoms with Crippen LogP contribution in [0.2, 0.25) is 0 Å². The maximum Gasteiger partial charge on any atom is 0.248 e. The Labute approximate surface area is 122 Å². The second kappa shape index (κ2) is 6.44. The summed E-state index contributed by atoms with van der Waals surface area (Å²) in [5.41, 5.74) is -0.283. The highest BCUT2D eigenvalue weighted by Gasteiger charge is 2.39. The summed E-state index contributed by atoms with van der Waals surface area (Å²) in [6.45, 7) is 6.87. The van der Waals surface area contributed by atoms with Crippen molar-refractivity contribution in [3.05, 3.63) is 0 Å². The highest BCUT2D eigenvalue weighted by atomic mass is 16.5. The van der Waals surface area contributed by atoms with Crippen molar-refractivity contribution in [1.82, 2.24) is 4.90 Å². The molecule has 1 saturated heterocycles. The Morgan fingerprint density at radius 3 is 2.55 bits per heavy atom. The molecule has 116 valence electrons. The highest BCUT2D eigenvalue weighted by Crippen LogP contribution is 2.34. The minimum Gasteiger partial charge on any atom is -0.393 e. The predicted molar refractivity (Wildman–Crippen MR) is 78.4 cm³/mol. The summed E-state index contributed by atoms with van der Waals surface area (Å²) in [5, 5.41) is 10.2. The molecule has 1 aliphatic heterocycles. The SMILES string of the molecule is CC(C)(C)OCC(=O)N1CCCC1C1CCCCC1O. The molecule has 1 aliphatic carbocycles. The summed E-state index contributed by atoms with van der Waals surface area (Å²) in [4.78, 5) is 14.3. The first-order chi connectivity index (χ1) is 9.38. The van der Waals surface area contributed by atoms with Gasteiger partial charge in [0.15, 0.2) is 0 Å². The first-order valence-corrected chi connectivity index (χ1v) is 8.00. The Balaban J connectivity index is 1.94. The van der Waals surface area contributed by atoms with Gasteiger partial charge in [-0.05, 0) is 46.5 Å². The number of carbonyl (C=O) groups excluding carboxylic acids is 1. The Morgan fingerprint density at radius 2 is 1.90 bits per heavy atom. The molecule has 1 heterocycles. The number of likely N-dealkylation sites (tertiary alicyclic amines) is 1. The number of ether oxygens (including phenoxy) is 1. The second-order valence-corrected chi connectivity index (χ2v) is 7.21. The van der Waals surface area contributed by atoms with Crippen molar-refractivity contribution in [2.75, 3.05) is 13.2 Å². The zero-order chi connectivity index (χ0) is 14.8. The van der Waals surface area contributed by atoms with Gasteiger partial charge in [0, 0.05) is 18.5 Å². The molecule has 20 heavy (non-hydrogen) atoms. The number of hydrogen-bond acceptors (Lipinski definition) is 3. The van der Waals surface area contributed by atoms with E-state index in [1.807, 2.05) is 25.7 Å². The lowest BCUT2D eigenvalue weighted by Crippen LogP contribution is -2.47. The fourth-order valence-corrected chi connectivity index (χ4v) is 3.50. The molecule has 4 heteroatoms. The van der Waals surface area contributed by atoms with Crippen LogP contribution >= 0.6 is 0 Å². The molecule has 2 fully saturated rings. The van der Waals surface area contributed by atoms with Crippen LogP contribution in [-0.4, -0.2) is 46.8 Å². The predicted octanol–water partition coefficient (Wildman–Crippen LogP) is 2.34. The van der Waals surface area contributed by atoms with E-state index in [4.69, 9.17) is 4.74 Å². The number of aliphatic hydroxyl groups excluding tert-OH is 1. The Kier molecular flexibility index (Phi) is 5.08. The fraction of sp³-hybridized carbons (Fsp3) is 0.938. The molecular formula is C16H29NO3. The molecule has 0 aromatic rings. The topological polar surface area (TPSA) is 49.8 Å². The van der Waals surface area contributed by atoms with Gasteiger partial charge in [0.05, 0.1) is 11.7 Å². The molecule has 1 saturated carbocycles. The van der Waals surface area contributed by atoms with Gasteiger partial charge >= 0.3 is 0 Å². The van der Waals surface area contributed by atoms with E-state index >= 15 is 0 Å². The zero-order valence-corrected chi connectivity index (χ0v) is 13.1. The summed E-state index contributed by atoms with van der Waals surface area (Å²) in [6.07, 6.45) is 6.09. The van der Waals surface area contributed by atoms with E-state index in [0.717, 1.165) is 38.6 Å². The summed E-state index contributed by atoms with van der Waals surface area (Å²) < 4.78 is 5.61. The van der Waals surface area contributed by atoms with Crippen molar-refractivity contribution in [3.63, 3.8) is 0 Å². The minimum absolute atomic E-state index is 0.0835. The van der Waals surface area contributed by atoms with Crippen molar-refractivity contribution in [3.8, 4) is 0 Å². The molecule has 4 nitrogen and oxygen atoms in total. The van der Waals surface area contributed by atoms with Crippen molar-refractivity contribution in [2.24, 2.45) is 5.92 Å². The molecular weight excluding hydrogens is 254 g/mol. The van der Waals surface area contributed by atoms with Gasteiger partial charge in [0.25, 0.3) is 0 Å². The number of nitrogens with zero attached hydrogens (tertiary/aromatic N) is 1. The van der Waals surface area contributed by atoms with E-state index in [9.17, 15) is 9.90 Å². The van der Waals surface area contributed by atoms with Gasteiger partial charge in [-0.2, -0.15) is 0 Å². The van der Waals surface area contributed by atoms with Gasteiger partial charge < -0.3 is 14.7 Å². The number of hydrogen-bond donors (Lipinski definition) is 1. The smallest absolute Gasteiger partial charge is 0.248 e. The number of aliphatic hydroxyl groups is 1. The van der Waals surface area contributed by atoms with Gasteiger partial charge in [-0.15, -0.1) is 0 Å². The molecule has 0 bridgehead atoms. The van der Waals surface area contributed by atoms with E-state index in [1.165, 1.54) is 6.42 Å². The Bertz CT molecular complexity index is 337. The van der Waals surface area contributed by atoms with Crippen molar-refractivity contribution in [1.29, 1.82) is 0 Å². The first kappa shape index (κ1) is 15.8. The molecule has 0 spiro atoms. The Morgan fingerprint density at radius 1 is 1.20 bits per heavy atom. The molecule has 3 unspecified atom stereocenters. The van der Waals surface area contributed by atoms with Crippen LogP contribution in [0.4, 0.5) is 0 Å². The monoisotopic (exact) mass is 283 g/mol. The molecule has 0 aromatic heterocycles. The molecule has 1 N–H and O–H groups in total. The third kappa shape index (κ3) is 3.95. The maximum absolute atomic E-state index is 12.4. The summed E-state index contributed by atoms with van der Waals surface area (Å²) in [7, 11) is 0. The van der Waals surface area contributed by atoms with Gasteiger partial charge in [0.1, 0.15) is 6.61 Å². The lowest BCUT2D eigenvalue weighted by Gasteiger charge is -2.37. The highest BCUT2D eigenvalue weighted by molar-refractivity contribution is 5.78. The molecule has 0 radical (unpaired) electrons. The number of amides is 1. The van der Waals surface area contributed by atoms with Crippen LogP contribution in [0.5, 0.6) is 0 Å². The van der Waals surface area contributed by atoms with Gasteiger partial charge in [-0.1, -0.05) is 12.8 Å². The van der Waals surface area contributed by atoms with Crippen LogP contribution in [0, 0.1) is 5.92 Å². The molecule has 2 aliphatic rings. The lowest BCUT2D eigenvalue weighted by atomic mass is 9.80. The van der Waals surface area contributed by atoms with Crippen molar-refractivity contribution >= 4 is 5.91 Å². The normalized spacial score (nSPS) is 31.6. The summed E-state index contributed by atoms with van der Waals surface area (Å²) in [6, 6.07) is 0.223. The average molecular weight is 283 g/mol. The minimum atomic E-state index is -0.283. The molecule has 2 rings (SSSR count). The number of carbonyl (C=O) groups is 1. The molecule has 3 atom stereocenters. The summed E-state index contributed by atoms with van der Waals surface area (Å²) in [5.74, 6) is 0.352. The second-order valence-electron chi connectivity index (χ2n) is 7.21. The van der Waals surface area contributed by atoms with Gasteiger partial charge in [0.2, 0.25) is 5.91 Å². The third-order valence-corrected chi connectivity index (χ3v) is 4.52. The van der Waals surface area contributed by atoms with Crippen LogP contribution in [-0.2, 0) is 9.53 Å². The first-order valence-electron chi connectivity index (χ1n) is 8.00. The van der Waals surface area contributed by atoms with Gasteiger partial charge in [-0.3, -0.25) is 4.79 Å². The number of rotatable bonds is 3. The largest absolute Gasteiger partial charge is 0.393 e. The van der Waals surface area contributed by atoms with Crippen LogP contribution in [0.3, 0.4) is 0 Å². The quantitative estimate of drug-likeness (QED) is 0.865. The molecule has 0 aromatic carbocycles. The fourth-order valence-electron chi connectivity index (χ4n) is 3.50. The lowest BCUT2D eigenvalue weighted by molar-refractivity contribution is -0.144. The summed E-state index contributed by atoms with van der Waals surface area (Å²) >= 11 is 0. The molecule has 1 amide bonds. The van der Waals surface area contributed by atoms with Crippen LogP contribution in [0.1, 0.15) is 59.3 Å². The standard InChI is InChI=1S/C16H29NO3/c1-16(2,3)20-11-15(19)17-10-6-8-13(17)12-7-4-5-9-14(12)18/h12-14,18H,4-11H2,1-3H3. The zero-order valence-electron chi connectivity index (χ0n) is 13.1. The van der Waals surface area contributed by atoms with E-state index in [2.05, 4.69) is 0 Å².